The van der Waals surface area contributed by atoms with Gasteiger partial charge in [0.05, 0.1) is 11.2 Å². The molecule has 0 spiro atoms. The first-order valence-corrected chi connectivity index (χ1v) is 6.19. The second kappa shape index (κ2) is 4.57. The van der Waals surface area contributed by atoms with Crippen LogP contribution in [0.4, 0.5) is 0 Å². The Hall–Kier alpha value is -2.22. The summed E-state index contributed by atoms with van der Waals surface area (Å²) in [5, 5.41) is 1.11. The number of nitrogens with zero attached hydrogens (tertiary/aromatic N) is 2. The largest absolute Gasteiger partial charge is 0.233 e. The molecule has 0 aliphatic heterocycles. The first-order chi connectivity index (χ1) is 8.88. The van der Waals surface area contributed by atoms with E-state index in [0.29, 0.717) is 0 Å². The third-order valence-corrected chi connectivity index (χ3v) is 3.01. The molecule has 0 bridgehead atoms. The van der Waals surface area contributed by atoms with E-state index in [1.165, 1.54) is 0 Å². The molecule has 0 aliphatic rings. The zero-order chi connectivity index (χ0) is 12.4. The van der Waals surface area contributed by atoms with Crippen LogP contribution in [-0.4, -0.2) is 9.97 Å². The summed E-state index contributed by atoms with van der Waals surface area (Å²) >= 11 is 0. The van der Waals surface area contributed by atoms with Gasteiger partial charge in [-0.25, -0.2) is 9.97 Å². The van der Waals surface area contributed by atoms with Crippen molar-refractivity contribution in [2.45, 2.75) is 13.3 Å². The zero-order valence-electron chi connectivity index (χ0n) is 10.3. The number of rotatable bonds is 2. The Labute approximate surface area is 106 Å². The van der Waals surface area contributed by atoms with Gasteiger partial charge in [0.2, 0.25) is 0 Å². The van der Waals surface area contributed by atoms with E-state index >= 15 is 0 Å². The van der Waals surface area contributed by atoms with Crippen molar-refractivity contribution in [2.24, 2.45) is 0 Å². The van der Waals surface area contributed by atoms with Gasteiger partial charge in [-0.05, 0) is 6.07 Å². The van der Waals surface area contributed by atoms with Crippen LogP contribution in [0.5, 0.6) is 0 Å². The zero-order valence-corrected chi connectivity index (χ0v) is 10.3. The summed E-state index contributed by atoms with van der Waals surface area (Å²) in [4.78, 5) is 9.25. The Bertz CT molecular complexity index is 675. The summed E-state index contributed by atoms with van der Waals surface area (Å²) < 4.78 is 0. The molecule has 0 fully saturated rings. The SMILES string of the molecule is CCc1nc(-c2ccccc2)c2ccccc2n1. The first-order valence-electron chi connectivity index (χ1n) is 6.19. The minimum Gasteiger partial charge on any atom is -0.233 e. The topological polar surface area (TPSA) is 25.8 Å². The molecule has 2 heteroatoms. The highest BCUT2D eigenvalue weighted by Crippen LogP contribution is 2.25. The van der Waals surface area contributed by atoms with Crippen LogP contribution in [-0.2, 0) is 6.42 Å². The Balaban J connectivity index is 2.33. The summed E-state index contributed by atoms with van der Waals surface area (Å²) in [6.07, 6.45) is 0.852. The molecule has 0 radical (unpaired) electrons. The average molecular weight is 234 g/mol. The maximum atomic E-state index is 4.68. The van der Waals surface area contributed by atoms with Gasteiger partial charge in [0, 0.05) is 17.4 Å². The molecule has 0 amide bonds. The predicted octanol–water partition coefficient (Wildman–Crippen LogP) is 3.86. The van der Waals surface area contributed by atoms with Crippen LogP contribution < -0.4 is 0 Å². The van der Waals surface area contributed by atoms with E-state index in [9.17, 15) is 0 Å². The van der Waals surface area contributed by atoms with Crippen LogP contribution in [0.1, 0.15) is 12.7 Å². The van der Waals surface area contributed by atoms with Crippen molar-refractivity contribution in [3.05, 3.63) is 60.4 Å². The van der Waals surface area contributed by atoms with E-state index < -0.39 is 0 Å². The van der Waals surface area contributed by atoms with Crippen molar-refractivity contribution in [3.8, 4) is 11.3 Å². The van der Waals surface area contributed by atoms with Crippen LogP contribution in [0.3, 0.4) is 0 Å². The minimum atomic E-state index is 0.852. The standard InChI is InChI=1S/C16H14N2/c1-2-15-17-14-11-7-6-10-13(14)16(18-15)12-8-4-3-5-9-12/h3-11H,2H2,1H3. The monoisotopic (exact) mass is 234 g/mol. The van der Waals surface area contributed by atoms with Crippen LogP contribution in [0.2, 0.25) is 0 Å². The molecule has 0 unspecified atom stereocenters. The number of para-hydroxylation sites is 1. The molecule has 0 saturated heterocycles. The number of benzene rings is 2. The van der Waals surface area contributed by atoms with Gasteiger partial charge in [-0.3, -0.25) is 0 Å². The lowest BCUT2D eigenvalue weighted by molar-refractivity contribution is 0.964. The lowest BCUT2D eigenvalue weighted by Gasteiger charge is -2.07. The summed E-state index contributed by atoms with van der Waals surface area (Å²) in [7, 11) is 0. The fourth-order valence-electron chi connectivity index (χ4n) is 2.10. The first kappa shape index (κ1) is 10.9. The van der Waals surface area contributed by atoms with Crippen molar-refractivity contribution in [3.63, 3.8) is 0 Å². The van der Waals surface area contributed by atoms with E-state index in [1.807, 2.05) is 36.4 Å². The fraction of sp³-hybridized carbons (Fsp3) is 0.125. The molecule has 3 rings (SSSR count). The summed E-state index contributed by atoms with van der Waals surface area (Å²) in [6.45, 7) is 2.08. The highest BCUT2D eigenvalue weighted by atomic mass is 14.9. The molecule has 1 aromatic heterocycles. The maximum Gasteiger partial charge on any atom is 0.129 e. The smallest absolute Gasteiger partial charge is 0.129 e. The normalized spacial score (nSPS) is 10.7. The van der Waals surface area contributed by atoms with Crippen LogP contribution in [0.15, 0.2) is 54.6 Å². The molecule has 2 nitrogen and oxygen atoms in total. The second-order valence-corrected chi connectivity index (χ2v) is 4.23. The summed E-state index contributed by atoms with van der Waals surface area (Å²) in [5.74, 6) is 0.896. The Kier molecular flexibility index (Phi) is 2.77. The highest BCUT2D eigenvalue weighted by Gasteiger charge is 2.07. The number of fused-ring (bicyclic) bond motifs is 1. The lowest BCUT2D eigenvalue weighted by atomic mass is 10.1. The Morgan fingerprint density at radius 3 is 2.33 bits per heavy atom. The molecular weight excluding hydrogens is 220 g/mol. The van der Waals surface area contributed by atoms with E-state index in [-0.39, 0.29) is 0 Å². The lowest BCUT2D eigenvalue weighted by Crippen LogP contribution is -1.97. The number of hydrogen-bond donors (Lipinski definition) is 0. The number of aryl methyl sites for hydroxylation is 1. The minimum absolute atomic E-state index is 0.852. The summed E-state index contributed by atoms with van der Waals surface area (Å²) in [6, 6.07) is 18.5. The van der Waals surface area contributed by atoms with Crippen LogP contribution in [0.25, 0.3) is 22.2 Å². The number of aromatic nitrogens is 2. The quantitative estimate of drug-likeness (QED) is 0.673. The van der Waals surface area contributed by atoms with E-state index in [0.717, 1.165) is 34.4 Å². The Morgan fingerprint density at radius 1 is 0.833 bits per heavy atom. The van der Waals surface area contributed by atoms with E-state index in [1.54, 1.807) is 0 Å². The number of hydrogen-bond acceptors (Lipinski definition) is 2. The Morgan fingerprint density at radius 2 is 1.56 bits per heavy atom. The van der Waals surface area contributed by atoms with Gasteiger partial charge in [-0.2, -0.15) is 0 Å². The molecule has 0 aliphatic carbocycles. The van der Waals surface area contributed by atoms with E-state index in [4.69, 9.17) is 0 Å². The molecule has 88 valence electrons. The van der Waals surface area contributed by atoms with Gasteiger partial charge >= 0.3 is 0 Å². The van der Waals surface area contributed by atoms with Crippen molar-refractivity contribution in [2.75, 3.05) is 0 Å². The predicted molar refractivity (Wildman–Crippen MR) is 74.4 cm³/mol. The van der Waals surface area contributed by atoms with Crippen molar-refractivity contribution >= 4 is 10.9 Å². The van der Waals surface area contributed by atoms with E-state index in [2.05, 4.69) is 35.1 Å². The van der Waals surface area contributed by atoms with Gasteiger partial charge in [0.15, 0.2) is 0 Å². The third kappa shape index (κ3) is 1.86. The van der Waals surface area contributed by atoms with Crippen molar-refractivity contribution < 1.29 is 0 Å². The van der Waals surface area contributed by atoms with Gasteiger partial charge in [-0.1, -0.05) is 55.5 Å². The van der Waals surface area contributed by atoms with Gasteiger partial charge in [0.1, 0.15) is 5.82 Å². The molecule has 0 saturated carbocycles. The van der Waals surface area contributed by atoms with Gasteiger partial charge in [0.25, 0.3) is 0 Å². The average Bonchev–Trinajstić information content (AvgIpc) is 2.47. The maximum absolute atomic E-state index is 4.68. The van der Waals surface area contributed by atoms with Gasteiger partial charge in [-0.15, -0.1) is 0 Å². The van der Waals surface area contributed by atoms with Crippen LogP contribution in [0, 0.1) is 0 Å². The molecule has 18 heavy (non-hydrogen) atoms. The molecule has 0 N–H and O–H groups in total. The van der Waals surface area contributed by atoms with Crippen LogP contribution >= 0.6 is 0 Å². The second-order valence-electron chi connectivity index (χ2n) is 4.23. The molecule has 0 atom stereocenters. The highest BCUT2D eigenvalue weighted by molar-refractivity contribution is 5.92. The van der Waals surface area contributed by atoms with Crippen molar-refractivity contribution in [1.29, 1.82) is 0 Å². The van der Waals surface area contributed by atoms with Crippen molar-refractivity contribution in [1.82, 2.24) is 9.97 Å². The summed E-state index contributed by atoms with van der Waals surface area (Å²) in [5.41, 5.74) is 3.19. The molecular formula is C16H14N2. The fourth-order valence-corrected chi connectivity index (χ4v) is 2.10. The molecule has 3 aromatic rings. The molecule has 1 heterocycles. The molecule has 2 aromatic carbocycles. The third-order valence-electron chi connectivity index (χ3n) is 3.01. The van der Waals surface area contributed by atoms with Gasteiger partial charge < -0.3 is 0 Å².